The van der Waals surface area contributed by atoms with Gasteiger partial charge in [-0.15, -0.1) is 11.8 Å². The quantitative estimate of drug-likeness (QED) is 0.659. The molecule has 0 heterocycles. The first-order valence-electron chi connectivity index (χ1n) is 5.34. The third kappa shape index (κ3) is 3.37. The minimum Gasteiger partial charge on any atom is -0.398 e. The average Bonchev–Trinajstić information content (AvgIpc) is 2.27. The largest absolute Gasteiger partial charge is 0.398 e. The second kappa shape index (κ2) is 5.75. The van der Waals surface area contributed by atoms with Crippen LogP contribution in [0.2, 0.25) is 0 Å². The molecule has 0 bridgehead atoms. The number of nitrogen functional groups attached to an aromatic ring is 1. The Labute approximate surface area is 107 Å². The lowest BCUT2D eigenvalue weighted by molar-refractivity contribution is 0.520. The number of hydrogen-bond donors (Lipinski definition) is 1. The number of rotatable bonds is 5. The van der Waals surface area contributed by atoms with Crippen LogP contribution in [0.3, 0.4) is 0 Å². The lowest BCUT2D eigenvalue weighted by Gasteiger charge is -2.13. The highest BCUT2D eigenvalue weighted by molar-refractivity contribution is 7.99. The van der Waals surface area contributed by atoms with Crippen molar-refractivity contribution in [1.82, 2.24) is 4.31 Å². The SMILES string of the molecule is CCCSc1cc(S(=O)(=O)N(C)C)ccc1N. The third-order valence-corrected chi connectivity index (χ3v) is 5.31. The van der Waals surface area contributed by atoms with Crippen molar-refractivity contribution in [2.75, 3.05) is 25.6 Å². The number of anilines is 1. The molecule has 0 atom stereocenters. The van der Waals surface area contributed by atoms with Gasteiger partial charge in [-0.05, 0) is 30.4 Å². The lowest BCUT2D eigenvalue weighted by Crippen LogP contribution is -2.22. The molecule has 0 amide bonds. The van der Waals surface area contributed by atoms with E-state index in [1.165, 1.54) is 18.4 Å². The molecule has 0 radical (unpaired) electrons. The van der Waals surface area contributed by atoms with E-state index >= 15 is 0 Å². The molecule has 4 nitrogen and oxygen atoms in total. The topological polar surface area (TPSA) is 63.4 Å². The standard InChI is InChI=1S/C11H18N2O2S2/c1-4-7-16-11-8-9(5-6-10(11)12)17(14,15)13(2)3/h5-6,8H,4,7,12H2,1-3H3. The van der Waals surface area contributed by atoms with E-state index in [0.29, 0.717) is 5.69 Å². The average molecular weight is 274 g/mol. The second-order valence-electron chi connectivity index (χ2n) is 3.84. The van der Waals surface area contributed by atoms with Crippen LogP contribution in [-0.4, -0.2) is 32.6 Å². The first kappa shape index (κ1) is 14.3. The van der Waals surface area contributed by atoms with Gasteiger partial charge in [-0.1, -0.05) is 6.92 Å². The van der Waals surface area contributed by atoms with E-state index in [1.54, 1.807) is 30.0 Å². The Morgan fingerprint density at radius 1 is 1.35 bits per heavy atom. The Morgan fingerprint density at radius 2 is 2.00 bits per heavy atom. The summed E-state index contributed by atoms with van der Waals surface area (Å²) in [4.78, 5) is 1.12. The molecule has 0 aliphatic rings. The maximum atomic E-state index is 11.9. The van der Waals surface area contributed by atoms with Gasteiger partial charge >= 0.3 is 0 Å². The molecule has 0 saturated heterocycles. The van der Waals surface area contributed by atoms with E-state index in [4.69, 9.17) is 5.73 Å². The summed E-state index contributed by atoms with van der Waals surface area (Å²) >= 11 is 1.58. The fourth-order valence-corrected chi connectivity index (χ4v) is 3.10. The molecule has 1 aromatic carbocycles. The van der Waals surface area contributed by atoms with E-state index in [-0.39, 0.29) is 4.90 Å². The van der Waals surface area contributed by atoms with E-state index < -0.39 is 10.0 Å². The molecular weight excluding hydrogens is 256 g/mol. The van der Waals surface area contributed by atoms with Crippen molar-refractivity contribution < 1.29 is 8.42 Å². The summed E-state index contributed by atoms with van der Waals surface area (Å²) < 4.78 is 25.1. The van der Waals surface area contributed by atoms with Gasteiger partial charge < -0.3 is 5.73 Å². The molecule has 0 aliphatic heterocycles. The van der Waals surface area contributed by atoms with Gasteiger partial charge in [0.15, 0.2) is 0 Å². The van der Waals surface area contributed by atoms with Gasteiger partial charge in [-0.25, -0.2) is 12.7 Å². The fourth-order valence-electron chi connectivity index (χ4n) is 1.22. The predicted molar refractivity (Wildman–Crippen MR) is 72.7 cm³/mol. The summed E-state index contributed by atoms with van der Waals surface area (Å²) in [5.41, 5.74) is 6.45. The van der Waals surface area contributed by atoms with E-state index in [9.17, 15) is 8.42 Å². The molecule has 0 saturated carbocycles. The van der Waals surface area contributed by atoms with Crippen LogP contribution in [0.5, 0.6) is 0 Å². The molecule has 6 heteroatoms. The van der Waals surface area contributed by atoms with Crippen molar-refractivity contribution in [1.29, 1.82) is 0 Å². The van der Waals surface area contributed by atoms with Crippen LogP contribution in [0.4, 0.5) is 5.69 Å². The number of hydrogen-bond acceptors (Lipinski definition) is 4. The number of nitrogens with zero attached hydrogens (tertiary/aromatic N) is 1. The van der Waals surface area contributed by atoms with E-state index in [0.717, 1.165) is 17.1 Å². The van der Waals surface area contributed by atoms with Crippen LogP contribution in [0.1, 0.15) is 13.3 Å². The zero-order chi connectivity index (χ0) is 13.1. The molecule has 1 rings (SSSR count). The van der Waals surface area contributed by atoms with Crippen molar-refractivity contribution in [2.45, 2.75) is 23.1 Å². The van der Waals surface area contributed by atoms with Crippen LogP contribution in [0, 0.1) is 0 Å². The Bertz CT molecular complexity index is 484. The monoisotopic (exact) mass is 274 g/mol. The maximum absolute atomic E-state index is 11.9. The first-order valence-corrected chi connectivity index (χ1v) is 7.77. The highest BCUT2D eigenvalue weighted by Crippen LogP contribution is 2.28. The molecule has 0 spiro atoms. The summed E-state index contributed by atoms with van der Waals surface area (Å²) in [6, 6.07) is 4.83. The number of benzene rings is 1. The summed E-state index contributed by atoms with van der Waals surface area (Å²) in [6.45, 7) is 2.07. The van der Waals surface area contributed by atoms with E-state index in [1.807, 2.05) is 0 Å². The van der Waals surface area contributed by atoms with Gasteiger partial charge in [0.1, 0.15) is 0 Å². The molecule has 2 N–H and O–H groups in total. The van der Waals surface area contributed by atoms with Gasteiger partial charge in [0, 0.05) is 24.7 Å². The highest BCUT2D eigenvalue weighted by atomic mass is 32.2. The molecule has 0 unspecified atom stereocenters. The van der Waals surface area contributed by atoms with Gasteiger partial charge in [0.2, 0.25) is 10.0 Å². The van der Waals surface area contributed by atoms with Crippen LogP contribution in [0.15, 0.2) is 28.0 Å². The Balaban J connectivity index is 3.13. The number of nitrogens with two attached hydrogens (primary N) is 1. The van der Waals surface area contributed by atoms with Crippen molar-refractivity contribution in [3.8, 4) is 0 Å². The molecule has 17 heavy (non-hydrogen) atoms. The zero-order valence-corrected chi connectivity index (χ0v) is 11.9. The number of sulfonamides is 1. The van der Waals surface area contributed by atoms with Crippen LogP contribution >= 0.6 is 11.8 Å². The lowest BCUT2D eigenvalue weighted by atomic mass is 10.3. The third-order valence-electron chi connectivity index (χ3n) is 2.23. The Hall–Kier alpha value is -0.720. The smallest absolute Gasteiger partial charge is 0.242 e. The normalized spacial score (nSPS) is 12.0. The molecular formula is C11H18N2O2S2. The van der Waals surface area contributed by atoms with Gasteiger partial charge in [0.25, 0.3) is 0 Å². The summed E-state index contributed by atoms with van der Waals surface area (Å²) in [6.07, 6.45) is 1.02. The molecule has 1 aromatic rings. The summed E-state index contributed by atoms with van der Waals surface area (Å²) in [7, 11) is -0.340. The van der Waals surface area contributed by atoms with Gasteiger partial charge in [0.05, 0.1) is 4.90 Å². The minimum absolute atomic E-state index is 0.287. The first-order chi connectivity index (χ1) is 7.89. The number of thioether (sulfide) groups is 1. The van der Waals surface area contributed by atoms with Crippen molar-refractivity contribution >= 4 is 27.5 Å². The molecule has 96 valence electrons. The summed E-state index contributed by atoms with van der Waals surface area (Å²) in [5.74, 6) is 0.926. The minimum atomic E-state index is -3.38. The highest BCUT2D eigenvalue weighted by Gasteiger charge is 2.18. The van der Waals surface area contributed by atoms with Crippen molar-refractivity contribution in [3.05, 3.63) is 18.2 Å². The Morgan fingerprint density at radius 3 is 2.53 bits per heavy atom. The van der Waals surface area contributed by atoms with Crippen LogP contribution in [-0.2, 0) is 10.0 Å². The maximum Gasteiger partial charge on any atom is 0.242 e. The van der Waals surface area contributed by atoms with Crippen LogP contribution in [0.25, 0.3) is 0 Å². The van der Waals surface area contributed by atoms with Crippen molar-refractivity contribution in [2.24, 2.45) is 0 Å². The molecule has 0 aliphatic carbocycles. The summed E-state index contributed by atoms with van der Waals surface area (Å²) in [5, 5.41) is 0. The van der Waals surface area contributed by atoms with Crippen molar-refractivity contribution in [3.63, 3.8) is 0 Å². The fraction of sp³-hybridized carbons (Fsp3) is 0.455. The predicted octanol–water partition coefficient (Wildman–Crippen LogP) is 2.02. The van der Waals surface area contributed by atoms with Gasteiger partial charge in [-0.3, -0.25) is 0 Å². The second-order valence-corrected chi connectivity index (χ2v) is 7.12. The van der Waals surface area contributed by atoms with E-state index in [2.05, 4.69) is 6.92 Å². The Kier molecular flexibility index (Phi) is 4.85. The van der Waals surface area contributed by atoms with Crippen LogP contribution < -0.4 is 5.73 Å². The molecule has 0 aromatic heterocycles. The van der Waals surface area contributed by atoms with Gasteiger partial charge in [-0.2, -0.15) is 0 Å². The zero-order valence-electron chi connectivity index (χ0n) is 10.3. The molecule has 0 fully saturated rings.